The second-order valence-corrected chi connectivity index (χ2v) is 6.47. The van der Waals surface area contributed by atoms with Crippen LogP contribution in [0.15, 0.2) is 22.3 Å². The summed E-state index contributed by atoms with van der Waals surface area (Å²) in [6, 6.07) is 0. The molecule has 1 heterocycles. The molecule has 0 saturated carbocycles. The molecule has 0 saturated heterocycles. The van der Waals surface area contributed by atoms with E-state index in [0.717, 1.165) is 0 Å². The van der Waals surface area contributed by atoms with E-state index in [1.165, 1.54) is 3.52 Å². The first-order chi connectivity index (χ1) is 3.84. The first-order valence-corrected chi connectivity index (χ1v) is 6.93. The van der Waals surface area contributed by atoms with Gasteiger partial charge in [-0.2, -0.15) is 0 Å². The van der Waals surface area contributed by atoms with Crippen LogP contribution in [0.25, 0.3) is 0 Å². The number of rotatable bonds is 1. The van der Waals surface area contributed by atoms with Crippen LogP contribution in [0.3, 0.4) is 0 Å². The maximum absolute atomic E-state index is 9.06. The molecule has 0 aromatic heterocycles. The quantitative estimate of drug-likeness (QED) is 0.628. The normalized spacial score (nSPS) is 17.8. The van der Waals surface area contributed by atoms with Gasteiger partial charge in [0.05, 0.1) is 0 Å². The van der Waals surface area contributed by atoms with E-state index in [4.69, 9.17) is 3.44 Å². The average Bonchev–Trinajstić information content (AvgIpc) is 1.79. The van der Waals surface area contributed by atoms with Gasteiger partial charge in [-0.25, -0.2) is 0 Å². The number of hydrogen-bond donors (Lipinski definition) is 1. The van der Waals surface area contributed by atoms with E-state index in [1.807, 2.05) is 29.2 Å². The molecule has 0 aromatic rings. The summed E-state index contributed by atoms with van der Waals surface area (Å²) < 4.78 is 12.2. The van der Waals surface area contributed by atoms with Crippen LogP contribution in [0.1, 0.15) is 6.92 Å². The molecule has 1 nitrogen and oxygen atoms in total. The van der Waals surface area contributed by atoms with Gasteiger partial charge in [-0.15, -0.1) is 0 Å². The zero-order chi connectivity index (χ0) is 5.98. The summed E-state index contributed by atoms with van der Waals surface area (Å²) >= 11 is -1.93. The Kier molecular flexibility index (Phi) is 2.02. The fourth-order valence-electron chi connectivity index (χ4n) is 0.575. The third-order valence-corrected chi connectivity index (χ3v) is 5.08. The minimum absolute atomic E-state index is 1.20. The van der Waals surface area contributed by atoms with E-state index >= 15 is 0 Å². The van der Waals surface area contributed by atoms with Crippen LogP contribution in [-0.4, -0.2) is 26.7 Å². The van der Waals surface area contributed by atoms with Gasteiger partial charge >= 0.3 is 55.9 Å². The van der Waals surface area contributed by atoms with Crippen LogP contribution in [-0.2, 0) is 0 Å². The second kappa shape index (κ2) is 2.60. The molecule has 2 heteroatoms. The summed E-state index contributed by atoms with van der Waals surface area (Å²) in [5.41, 5.74) is 0. The van der Waals surface area contributed by atoms with Gasteiger partial charge in [0.2, 0.25) is 0 Å². The van der Waals surface area contributed by atoms with Crippen LogP contribution >= 0.6 is 0 Å². The predicted octanol–water partition coefficient (Wildman–Crippen LogP) is 0.409. The van der Waals surface area contributed by atoms with Crippen molar-refractivity contribution in [1.82, 2.24) is 0 Å². The SMILES string of the molecule is CC=C[C]1=[Sn]([OH])[CH]=C1. The van der Waals surface area contributed by atoms with Gasteiger partial charge in [-0.1, -0.05) is 0 Å². The molecule has 1 N–H and O–H groups in total. The Morgan fingerprint density at radius 2 is 2.50 bits per heavy atom. The molecule has 0 aliphatic carbocycles. The van der Waals surface area contributed by atoms with Crippen molar-refractivity contribution in [3.8, 4) is 0 Å². The fraction of sp³-hybridized carbons (Fsp3) is 0.167. The summed E-state index contributed by atoms with van der Waals surface area (Å²) in [6.45, 7) is 1.97. The average molecular weight is 215 g/mol. The van der Waals surface area contributed by atoms with E-state index < -0.39 is 19.7 Å². The van der Waals surface area contributed by atoms with Crippen molar-refractivity contribution < 1.29 is 3.44 Å². The number of allylic oxidation sites excluding steroid dienone is 3. The van der Waals surface area contributed by atoms with Gasteiger partial charge in [0.15, 0.2) is 0 Å². The van der Waals surface area contributed by atoms with Crippen LogP contribution < -0.4 is 0 Å². The molecular formula is C6H8OSn. The molecule has 1 aliphatic heterocycles. The molecular weight excluding hydrogens is 207 g/mol. The maximum atomic E-state index is 9.06. The first kappa shape index (κ1) is 6.23. The Labute approximate surface area is 56.1 Å². The second-order valence-electron chi connectivity index (χ2n) is 1.67. The predicted molar refractivity (Wildman–Crippen MR) is 36.9 cm³/mol. The van der Waals surface area contributed by atoms with E-state index in [-0.39, 0.29) is 0 Å². The molecule has 0 fully saturated rings. The van der Waals surface area contributed by atoms with Crippen molar-refractivity contribution in [3.05, 3.63) is 22.3 Å². The van der Waals surface area contributed by atoms with Gasteiger partial charge in [-0.05, 0) is 0 Å². The summed E-state index contributed by atoms with van der Waals surface area (Å²) in [5, 5.41) is 0. The Bertz CT molecular complexity index is 177. The van der Waals surface area contributed by atoms with E-state index in [0.29, 0.717) is 0 Å². The molecule has 1 aliphatic rings. The van der Waals surface area contributed by atoms with Gasteiger partial charge in [0, 0.05) is 0 Å². The van der Waals surface area contributed by atoms with Crippen molar-refractivity contribution in [2.24, 2.45) is 0 Å². The Morgan fingerprint density at radius 1 is 1.75 bits per heavy atom. The zero-order valence-corrected chi connectivity index (χ0v) is 7.61. The molecule has 8 heavy (non-hydrogen) atoms. The monoisotopic (exact) mass is 216 g/mol. The Balaban J connectivity index is 2.62. The van der Waals surface area contributed by atoms with Crippen molar-refractivity contribution in [3.63, 3.8) is 0 Å². The standard InChI is InChI=1S/C6H7.H2O.Sn/c1-3-5-6-4-2;;/h1,3-4,6H,2H3;1H2;/q;;+1/p-1. The first-order valence-electron chi connectivity index (χ1n) is 2.58. The van der Waals surface area contributed by atoms with Crippen molar-refractivity contribution in [2.45, 2.75) is 6.92 Å². The summed E-state index contributed by atoms with van der Waals surface area (Å²) in [4.78, 5) is 0. The third kappa shape index (κ3) is 1.09. The Morgan fingerprint density at radius 3 is 2.62 bits per heavy atom. The van der Waals surface area contributed by atoms with Crippen molar-refractivity contribution in [2.75, 3.05) is 0 Å². The number of hydrogen-bond acceptors (Lipinski definition) is 1. The van der Waals surface area contributed by atoms with Gasteiger partial charge in [-0.3, -0.25) is 0 Å². The van der Waals surface area contributed by atoms with E-state index in [2.05, 4.69) is 0 Å². The molecule has 42 valence electrons. The Hall–Kier alpha value is 0.109. The van der Waals surface area contributed by atoms with Crippen LogP contribution in [0, 0.1) is 0 Å². The molecule has 0 radical (unpaired) electrons. The summed E-state index contributed by atoms with van der Waals surface area (Å²) in [5.74, 6) is 0. The topological polar surface area (TPSA) is 20.2 Å². The fourth-order valence-corrected chi connectivity index (χ4v) is 2.99. The van der Waals surface area contributed by atoms with E-state index in [1.54, 1.807) is 0 Å². The van der Waals surface area contributed by atoms with Gasteiger partial charge < -0.3 is 0 Å². The van der Waals surface area contributed by atoms with Crippen LogP contribution in [0.5, 0.6) is 0 Å². The van der Waals surface area contributed by atoms with Crippen LogP contribution in [0.2, 0.25) is 0 Å². The molecule has 0 atom stereocenters. The molecule has 0 amide bonds. The van der Waals surface area contributed by atoms with Crippen LogP contribution in [0.4, 0.5) is 0 Å². The molecule has 0 bridgehead atoms. The minimum atomic E-state index is -1.93. The molecule has 0 unspecified atom stereocenters. The van der Waals surface area contributed by atoms with Gasteiger partial charge in [0.25, 0.3) is 0 Å². The van der Waals surface area contributed by atoms with Crippen molar-refractivity contribution >= 4 is 23.2 Å². The van der Waals surface area contributed by atoms with Gasteiger partial charge in [0.1, 0.15) is 0 Å². The summed E-state index contributed by atoms with van der Waals surface area (Å²) in [7, 11) is 0. The van der Waals surface area contributed by atoms with Crippen molar-refractivity contribution in [1.29, 1.82) is 0 Å². The third-order valence-electron chi connectivity index (χ3n) is 1.06. The molecule has 0 spiro atoms. The molecule has 0 aromatic carbocycles. The molecule has 1 rings (SSSR count). The zero-order valence-electron chi connectivity index (χ0n) is 4.76. The van der Waals surface area contributed by atoms with E-state index in [9.17, 15) is 0 Å². The summed E-state index contributed by atoms with van der Waals surface area (Å²) in [6.07, 6.45) is 5.96.